The molecule has 2 aromatic heterocycles. The lowest BCUT2D eigenvalue weighted by Gasteiger charge is -2.13. The Balaban J connectivity index is 1.06. The largest absolute Gasteiger partial charge is 0.363 e. The van der Waals surface area contributed by atoms with Crippen molar-refractivity contribution >= 4 is 72.7 Å². The van der Waals surface area contributed by atoms with Crippen molar-refractivity contribution in [3.05, 3.63) is 101 Å². The van der Waals surface area contributed by atoms with E-state index in [0.717, 1.165) is 62.5 Å². The quantitative estimate of drug-likeness (QED) is 0.156. The molecule has 0 aliphatic carbocycles. The molecular formula is C32H29N9S2. The van der Waals surface area contributed by atoms with Gasteiger partial charge in [0.2, 0.25) is 0 Å². The molecule has 3 heterocycles. The van der Waals surface area contributed by atoms with E-state index in [4.69, 9.17) is 0 Å². The summed E-state index contributed by atoms with van der Waals surface area (Å²) in [7, 11) is 0. The van der Waals surface area contributed by atoms with Gasteiger partial charge in [0.25, 0.3) is 5.13 Å². The molecule has 11 heteroatoms. The van der Waals surface area contributed by atoms with E-state index in [9.17, 15) is 0 Å². The number of anilines is 1. The Hall–Kier alpha value is -4.74. The van der Waals surface area contributed by atoms with Crippen LogP contribution in [0.4, 0.5) is 37.9 Å². The summed E-state index contributed by atoms with van der Waals surface area (Å²) >= 11 is 3.06. The van der Waals surface area contributed by atoms with Gasteiger partial charge in [-0.05, 0) is 98.0 Å². The molecule has 6 rings (SSSR count). The number of thiophene rings is 1. The van der Waals surface area contributed by atoms with Gasteiger partial charge in [-0.2, -0.15) is 10.2 Å². The predicted octanol–water partition coefficient (Wildman–Crippen LogP) is 11.2. The molecule has 1 aliphatic heterocycles. The zero-order chi connectivity index (χ0) is 29.4. The zero-order valence-corrected chi connectivity index (χ0v) is 25.5. The van der Waals surface area contributed by atoms with Crippen molar-refractivity contribution in [3.63, 3.8) is 0 Å². The fraction of sp³-hybridized carbons (Fsp3) is 0.188. The first-order chi connectivity index (χ1) is 21.1. The molecule has 0 spiro atoms. The predicted molar refractivity (Wildman–Crippen MR) is 176 cm³/mol. The van der Waals surface area contributed by atoms with Crippen molar-refractivity contribution in [1.82, 2.24) is 10.2 Å². The lowest BCUT2D eigenvalue weighted by Crippen LogP contribution is -2.15. The van der Waals surface area contributed by atoms with Gasteiger partial charge in [0.05, 0.1) is 27.8 Å². The number of nitrogens with zero attached hydrogens (tertiary/aromatic N) is 9. The summed E-state index contributed by atoms with van der Waals surface area (Å²) in [6, 6.07) is 25.7. The molecular weight excluding hydrogens is 575 g/mol. The van der Waals surface area contributed by atoms with Gasteiger partial charge in [-0.3, -0.25) is 0 Å². The molecule has 214 valence electrons. The maximum absolute atomic E-state index is 4.46. The highest BCUT2D eigenvalue weighted by molar-refractivity contribution is 7.19. The Bertz CT molecular complexity index is 1810. The molecule has 0 atom stereocenters. The first-order valence-electron chi connectivity index (χ1n) is 14.0. The Morgan fingerprint density at radius 1 is 0.651 bits per heavy atom. The summed E-state index contributed by atoms with van der Waals surface area (Å²) in [6.45, 7) is 6.21. The van der Waals surface area contributed by atoms with Crippen LogP contribution in [-0.2, 0) is 0 Å². The van der Waals surface area contributed by atoms with Gasteiger partial charge in [0.15, 0.2) is 0 Å². The van der Waals surface area contributed by atoms with Crippen molar-refractivity contribution < 1.29 is 0 Å². The van der Waals surface area contributed by atoms with Crippen LogP contribution in [0.25, 0.3) is 12.2 Å². The van der Waals surface area contributed by atoms with Gasteiger partial charge in [0, 0.05) is 13.1 Å². The summed E-state index contributed by atoms with van der Waals surface area (Å²) < 4.78 is 0. The van der Waals surface area contributed by atoms with E-state index < -0.39 is 0 Å². The molecule has 0 unspecified atom stereocenters. The molecule has 0 amide bonds. The van der Waals surface area contributed by atoms with Crippen LogP contribution in [0, 0.1) is 13.8 Å². The molecule has 0 N–H and O–H groups in total. The molecule has 0 radical (unpaired) electrons. The third-order valence-electron chi connectivity index (χ3n) is 6.78. The van der Waals surface area contributed by atoms with Crippen molar-refractivity contribution in [2.45, 2.75) is 26.7 Å². The number of azo groups is 3. The van der Waals surface area contributed by atoms with Crippen LogP contribution in [0.1, 0.15) is 34.5 Å². The Morgan fingerprint density at radius 3 is 2.02 bits per heavy atom. The lowest BCUT2D eigenvalue weighted by molar-refractivity contribution is 0.949. The van der Waals surface area contributed by atoms with E-state index in [1.807, 2.05) is 98.8 Å². The third-order valence-corrected chi connectivity index (χ3v) is 8.59. The van der Waals surface area contributed by atoms with Gasteiger partial charge in [-0.25, -0.2) is 0 Å². The number of hydrogen-bond acceptors (Lipinski definition) is 11. The topological polar surface area (TPSA) is 103 Å². The Labute approximate surface area is 258 Å². The lowest BCUT2D eigenvalue weighted by atomic mass is 10.2. The normalized spacial score (nSPS) is 14.0. The van der Waals surface area contributed by atoms with Crippen LogP contribution in [0.15, 0.2) is 110 Å². The van der Waals surface area contributed by atoms with E-state index in [1.54, 1.807) is 11.3 Å². The number of aromatic nitrogens is 2. The summed E-state index contributed by atoms with van der Waals surface area (Å²) in [5, 5.41) is 38.2. The van der Waals surface area contributed by atoms with E-state index >= 15 is 0 Å². The van der Waals surface area contributed by atoms with Crippen molar-refractivity contribution in [2.24, 2.45) is 30.7 Å². The maximum atomic E-state index is 4.46. The molecule has 0 bridgehead atoms. The standard InChI is InChI=1S/C32H29N9S2/c1-22-21-26(34-37-29-16-17-31(42-29)41-18-6-7-19-41)12-13-27(22)35-33-25-11-14-28(23(2)20-25)36-39-32-40-38-30(43-32)15-10-24-8-4-3-5-9-24/h3-5,8-17,20-21H,6-7,18-19H2,1-2H3/b15-10+,35-33+,37-34+,39-36+. The number of aryl methyl sites for hydroxylation is 2. The van der Waals surface area contributed by atoms with Crippen LogP contribution >= 0.6 is 22.7 Å². The molecule has 43 heavy (non-hydrogen) atoms. The fourth-order valence-corrected chi connectivity index (χ4v) is 5.94. The molecule has 9 nitrogen and oxygen atoms in total. The first-order valence-corrected chi connectivity index (χ1v) is 15.6. The van der Waals surface area contributed by atoms with Crippen LogP contribution in [0.5, 0.6) is 0 Å². The highest BCUT2D eigenvalue weighted by Gasteiger charge is 2.14. The molecule has 1 aliphatic rings. The second-order valence-electron chi connectivity index (χ2n) is 10.0. The minimum absolute atomic E-state index is 0.497. The van der Waals surface area contributed by atoms with E-state index in [0.29, 0.717) is 5.13 Å². The highest BCUT2D eigenvalue weighted by Crippen LogP contribution is 2.35. The maximum Gasteiger partial charge on any atom is 0.252 e. The van der Waals surface area contributed by atoms with Crippen LogP contribution < -0.4 is 4.90 Å². The van der Waals surface area contributed by atoms with Gasteiger partial charge >= 0.3 is 0 Å². The second-order valence-corrected chi connectivity index (χ2v) is 12.0. The van der Waals surface area contributed by atoms with Crippen LogP contribution in [0.3, 0.4) is 0 Å². The van der Waals surface area contributed by atoms with Crippen LogP contribution in [0.2, 0.25) is 0 Å². The van der Waals surface area contributed by atoms with Gasteiger partial charge in [0.1, 0.15) is 10.0 Å². The highest BCUT2D eigenvalue weighted by atomic mass is 32.1. The molecule has 5 aromatic rings. The summed E-state index contributed by atoms with van der Waals surface area (Å²) in [5.74, 6) is 0. The number of hydrogen-bond donors (Lipinski definition) is 0. The van der Waals surface area contributed by atoms with Gasteiger partial charge < -0.3 is 4.90 Å². The minimum atomic E-state index is 0.497. The van der Waals surface area contributed by atoms with Crippen molar-refractivity contribution in [3.8, 4) is 0 Å². The average Bonchev–Trinajstić information content (AvgIpc) is 3.81. The zero-order valence-electron chi connectivity index (χ0n) is 23.8. The van der Waals surface area contributed by atoms with E-state index in [2.05, 4.69) is 51.8 Å². The number of rotatable bonds is 9. The van der Waals surface area contributed by atoms with E-state index in [-0.39, 0.29) is 0 Å². The molecule has 3 aromatic carbocycles. The number of benzene rings is 3. The fourth-order valence-electron chi connectivity index (χ4n) is 4.49. The first kappa shape index (κ1) is 28.4. The smallest absolute Gasteiger partial charge is 0.252 e. The van der Waals surface area contributed by atoms with Gasteiger partial charge in [-0.1, -0.05) is 59.1 Å². The molecule has 0 saturated carbocycles. The summed E-state index contributed by atoms with van der Waals surface area (Å²) in [4.78, 5) is 2.41. The SMILES string of the molecule is Cc1cc(/N=N/c2ccc(N3CCCC3)s2)ccc1/N=N/c1ccc(/N=N/c2nnc(/C=C/c3ccccc3)s2)c(C)c1. The molecule has 1 fully saturated rings. The Kier molecular flexibility index (Phi) is 8.90. The van der Waals surface area contributed by atoms with Gasteiger partial charge in [-0.15, -0.1) is 30.7 Å². The third kappa shape index (κ3) is 7.56. The Morgan fingerprint density at radius 2 is 1.33 bits per heavy atom. The minimum Gasteiger partial charge on any atom is -0.363 e. The monoisotopic (exact) mass is 603 g/mol. The molecule has 1 saturated heterocycles. The van der Waals surface area contributed by atoms with Crippen LogP contribution in [-0.4, -0.2) is 23.3 Å². The summed E-state index contributed by atoms with van der Waals surface area (Å²) in [6.07, 6.45) is 6.44. The van der Waals surface area contributed by atoms with E-state index in [1.165, 1.54) is 29.2 Å². The summed E-state index contributed by atoms with van der Waals surface area (Å²) in [5.41, 5.74) is 6.04. The average molecular weight is 604 g/mol. The van der Waals surface area contributed by atoms with Crippen molar-refractivity contribution in [2.75, 3.05) is 18.0 Å². The van der Waals surface area contributed by atoms with Crippen molar-refractivity contribution in [1.29, 1.82) is 0 Å². The second kappa shape index (κ2) is 13.5.